The maximum atomic E-state index is 12.5. The van der Waals surface area contributed by atoms with Gasteiger partial charge < -0.3 is 10.2 Å². The number of aryl methyl sites for hydroxylation is 1. The Morgan fingerprint density at radius 1 is 1.10 bits per heavy atom. The van der Waals surface area contributed by atoms with Gasteiger partial charge in [0.1, 0.15) is 5.82 Å². The lowest BCUT2D eigenvalue weighted by Gasteiger charge is -2.34. The minimum absolute atomic E-state index is 0.0266. The van der Waals surface area contributed by atoms with Crippen molar-refractivity contribution in [3.05, 3.63) is 46.1 Å². The summed E-state index contributed by atoms with van der Waals surface area (Å²) in [6, 6.07) is 8.57. The fourth-order valence-electron chi connectivity index (χ4n) is 4.54. The minimum atomic E-state index is -0.410. The van der Waals surface area contributed by atoms with Crippen LogP contribution < -0.4 is 10.2 Å². The number of rotatable bonds is 5. The van der Waals surface area contributed by atoms with Crippen LogP contribution >= 0.6 is 0 Å². The van der Waals surface area contributed by atoms with Gasteiger partial charge in [0.2, 0.25) is 5.91 Å². The number of hydrogen-bond donors (Lipinski definition) is 1. The zero-order valence-corrected chi connectivity index (χ0v) is 17.9. The van der Waals surface area contributed by atoms with Gasteiger partial charge in [-0.3, -0.25) is 14.9 Å². The molecule has 0 atom stereocenters. The summed E-state index contributed by atoms with van der Waals surface area (Å²) in [6.45, 7) is 3.52. The molecule has 1 saturated heterocycles. The molecule has 1 aliphatic carbocycles. The quantitative estimate of drug-likeness (QED) is 0.576. The molecule has 1 aliphatic heterocycles. The summed E-state index contributed by atoms with van der Waals surface area (Å²) in [4.78, 5) is 34.6. The Hall–Kier alpha value is -3.03. The second kappa shape index (κ2) is 9.41. The van der Waals surface area contributed by atoms with E-state index in [4.69, 9.17) is 4.98 Å². The third-order valence-electron chi connectivity index (χ3n) is 6.30. The SMILES string of the molecule is Cc1cc(N2CCC(NC(=O)C3CCCCC3)CC2)nc(-c2cccc([N+](=O)[O-])c2)n1. The topological polar surface area (TPSA) is 101 Å². The van der Waals surface area contributed by atoms with Gasteiger partial charge >= 0.3 is 0 Å². The zero-order valence-electron chi connectivity index (χ0n) is 17.9. The van der Waals surface area contributed by atoms with Crippen molar-refractivity contribution in [2.45, 2.75) is 57.9 Å². The van der Waals surface area contributed by atoms with Gasteiger partial charge in [0, 0.05) is 54.5 Å². The first-order valence-corrected chi connectivity index (χ1v) is 11.2. The van der Waals surface area contributed by atoms with E-state index in [0.29, 0.717) is 11.4 Å². The van der Waals surface area contributed by atoms with E-state index >= 15 is 0 Å². The molecule has 1 saturated carbocycles. The molecule has 8 heteroatoms. The van der Waals surface area contributed by atoms with Crippen LogP contribution in [0.15, 0.2) is 30.3 Å². The second-order valence-electron chi connectivity index (χ2n) is 8.60. The summed E-state index contributed by atoms with van der Waals surface area (Å²) in [5, 5.41) is 14.4. The fourth-order valence-corrected chi connectivity index (χ4v) is 4.54. The Labute approximate surface area is 182 Å². The number of non-ortho nitro benzene ring substituents is 1. The van der Waals surface area contributed by atoms with Crippen molar-refractivity contribution in [1.82, 2.24) is 15.3 Å². The van der Waals surface area contributed by atoms with Crippen LogP contribution in [-0.2, 0) is 4.79 Å². The summed E-state index contributed by atoms with van der Waals surface area (Å²) < 4.78 is 0. The first-order chi connectivity index (χ1) is 15.0. The number of nitro groups is 1. The summed E-state index contributed by atoms with van der Waals surface area (Å²) in [5.41, 5.74) is 1.48. The van der Waals surface area contributed by atoms with Crippen LogP contribution in [0.2, 0.25) is 0 Å². The van der Waals surface area contributed by atoms with Crippen LogP contribution in [0.25, 0.3) is 11.4 Å². The van der Waals surface area contributed by atoms with Crippen LogP contribution in [0, 0.1) is 23.0 Å². The molecule has 1 amide bonds. The van der Waals surface area contributed by atoms with Gasteiger partial charge in [0.05, 0.1) is 4.92 Å². The standard InChI is InChI=1S/C23H29N5O3/c1-16-14-21(26-22(24-16)18-8-5-9-20(15-18)28(30)31)27-12-10-19(11-13-27)25-23(29)17-6-3-2-4-7-17/h5,8-9,14-15,17,19H,2-4,6-7,10-13H2,1H3,(H,25,29). The number of aromatic nitrogens is 2. The van der Waals surface area contributed by atoms with Crippen molar-refractivity contribution in [2.24, 2.45) is 5.92 Å². The number of nitrogens with one attached hydrogen (secondary N) is 1. The third kappa shape index (κ3) is 5.18. The van der Waals surface area contributed by atoms with Gasteiger partial charge in [-0.2, -0.15) is 0 Å². The number of nitrogens with zero attached hydrogens (tertiary/aromatic N) is 4. The average molecular weight is 424 g/mol. The van der Waals surface area contributed by atoms with Gasteiger partial charge in [-0.05, 0) is 32.6 Å². The molecule has 2 fully saturated rings. The molecule has 1 aromatic carbocycles. The highest BCUT2D eigenvalue weighted by molar-refractivity contribution is 5.79. The molecule has 0 radical (unpaired) electrons. The van der Waals surface area contributed by atoms with Crippen molar-refractivity contribution in [2.75, 3.05) is 18.0 Å². The molecule has 8 nitrogen and oxygen atoms in total. The smallest absolute Gasteiger partial charge is 0.270 e. The Kier molecular flexibility index (Phi) is 6.44. The van der Waals surface area contributed by atoms with Crippen molar-refractivity contribution in [1.29, 1.82) is 0 Å². The molecule has 31 heavy (non-hydrogen) atoms. The number of amides is 1. The van der Waals surface area contributed by atoms with E-state index in [1.165, 1.54) is 18.6 Å². The normalized spacial score (nSPS) is 18.0. The molecule has 1 aromatic heterocycles. The summed E-state index contributed by atoms with van der Waals surface area (Å²) in [7, 11) is 0. The number of nitro benzene ring substituents is 1. The first kappa shape index (κ1) is 21.2. The Morgan fingerprint density at radius 2 is 1.84 bits per heavy atom. The lowest BCUT2D eigenvalue weighted by atomic mass is 9.88. The van der Waals surface area contributed by atoms with Crippen molar-refractivity contribution in [3.63, 3.8) is 0 Å². The molecule has 2 aromatic rings. The number of carbonyl (C=O) groups is 1. The number of anilines is 1. The number of carbonyl (C=O) groups excluding carboxylic acids is 1. The molecular formula is C23H29N5O3. The lowest BCUT2D eigenvalue weighted by molar-refractivity contribution is -0.384. The van der Waals surface area contributed by atoms with E-state index < -0.39 is 4.92 Å². The van der Waals surface area contributed by atoms with Crippen molar-refractivity contribution in [3.8, 4) is 11.4 Å². The molecule has 0 bridgehead atoms. The largest absolute Gasteiger partial charge is 0.356 e. The predicted octanol–water partition coefficient (Wildman–Crippen LogP) is 4.03. The monoisotopic (exact) mass is 423 g/mol. The molecule has 1 N–H and O–H groups in total. The fraction of sp³-hybridized carbons (Fsp3) is 0.522. The molecule has 0 spiro atoms. The second-order valence-corrected chi connectivity index (χ2v) is 8.60. The maximum absolute atomic E-state index is 12.5. The molecular weight excluding hydrogens is 394 g/mol. The molecule has 164 valence electrons. The van der Waals surface area contributed by atoms with Gasteiger partial charge in [0.25, 0.3) is 5.69 Å². The van der Waals surface area contributed by atoms with Crippen molar-refractivity contribution >= 4 is 17.4 Å². The maximum Gasteiger partial charge on any atom is 0.270 e. The molecule has 2 heterocycles. The highest BCUT2D eigenvalue weighted by atomic mass is 16.6. The highest BCUT2D eigenvalue weighted by Gasteiger charge is 2.26. The Morgan fingerprint density at radius 3 is 2.55 bits per heavy atom. The van der Waals surface area contributed by atoms with E-state index in [1.54, 1.807) is 12.1 Å². The van der Waals surface area contributed by atoms with Gasteiger partial charge in [-0.1, -0.05) is 31.4 Å². The number of hydrogen-bond acceptors (Lipinski definition) is 6. The average Bonchev–Trinajstić information content (AvgIpc) is 2.80. The van der Waals surface area contributed by atoms with Crippen LogP contribution in [0.5, 0.6) is 0 Å². The van der Waals surface area contributed by atoms with Crippen LogP contribution in [0.1, 0.15) is 50.6 Å². The van der Waals surface area contributed by atoms with Crippen LogP contribution in [0.4, 0.5) is 11.5 Å². The van der Waals surface area contributed by atoms with E-state index in [-0.39, 0.29) is 23.6 Å². The zero-order chi connectivity index (χ0) is 21.8. The third-order valence-corrected chi connectivity index (χ3v) is 6.30. The lowest BCUT2D eigenvalue weighted by Crippen LogP contribution is -2.46. The summed E-state index contributed by atoms with van der Waals surface area (Å²) >= 11 is 0. The van der Waals surface area contributed by atoms with Gasteiger partial charge in [-0.15, -0.1) is 0 Å². The summed E-state index contributed by atoms with van der Waals surface area (Å²) in [6.07, 6.45) is 7.38. The Bertz CT molecular complexity index is 950. The molecule has 2 aliphatic rings. The van der Waals surface area contributed by atoms with Gasteiger partial charge in [-0.25, -0.2) is 9.97 Å². The molecule has 0 unspecified atom stereocenters. The summed E-state index contributed by atoms with van der Waals surface area (Å²) in [5.74, 6) is 1.73. The van der Waals surface area contributed by atoms with E-state index in [9.17, 15) is 14.9 Å². The van der Waals surface area contributed by atoms with E-state index in [0.717, 1.165) is 63.1 Å². The Balaban J connectivity index is 1.41. The first-order valence-electron chi connectivity index (χ1n) is 11.2. The highest BCUT2D eigenvalue weighted by Crippen LogP contribution is 2.27. The van der Waals surface area contributed by atoms with Crippen molar-refractivity contribution < 1.29 is 9.72 Å². The molecule has 4 rings (SSSR count). The minimum Gasteiger partial charge on any atom is -0.356 e. The predicted molar refractivity (Wildman–Crippen MR) is 119 cm³/mol. The number of piperidine rings is 1. The van der Waals surface area contributed by atoms with Crippen LogP contribution in [0.3, 0.4) is 0 Å². The van der Waals surface area contributed by atoms with E-state index in [1.807, 2.05) is 13.0 Å². The van der Waals surface area contributed by atoms with E-state index in [2.05, 4.69) is 15.2 Å². The number of benzene rings is 1. The van der Waals surface area contributed by atoms with Gasteiger partial charge in [0.15, 0.2) is 5.82 Å². The van der Waals surface area contributed by atoms with Crippen LogP contribution in [-0.4, -0.2) is 39.9 Å².